The highest BCUT2D eigenvalue weighted by Crippen LogP contribution is 2.26. The molecule has 1 aliphatic heterocycles. The molecule has 0 spiro atoms. The third-order valence-electron chi connectivity index (χ3n) is 2.80. The number of carbonyl (C=O) groups is 1. The van der Waals surface area contributed by atoms with Crippen molar-refractivity contribution in [3.63, 3.8) is 0 Å². The van der Waals surface area contributed by atoms with Crippen LogP contribution in [0, 0.1) is 5.82 Å². The lowest BCUT2D eigenvalue weighted by atomic mass is 10.2. The third kappa shape index (κ3) is 2.44. The van der Waals surface area contributed by atoms with Gasteiger partial charge in [-0.05, 0) is 12.1 Å². The molecular formula is C10H11FN2O5S. The molecule has 2 rings (SSSR count). The Hall–Kier alpha value is -1.58. The molecule has 1 unspecified atom stereocenters. The first-order chi connectivity index (χ1) is 8.84. The molecule has 0 radical (unpaired) electrons. The number of carboxylic acid groups (broad SMARTS) is 1. The molecule has 19 heavy (non-hydrogen) atoms. The monoisotopic (exact) mass is 290 g/mol. The Bertz CT molecular complexity index is 606. The summed E-state index contributed by atoms with van der Waals surface area (Å²) in [5, 5.41) is 17.5. The Morgan fingerprint density at radius 2 is 2.21 bits per heavy atom. The Balaban J connectivity index is 2.45. The molecule has 104 valence electrons. The summed E-state index contributed by atoms with van der Waals surface area (Å²) in [4.78, 5) is 14.4. The van der Waals surface area contributed by atoms with Gasteiger partial charge in [-0.15, -0.1) is 0 Å². The number of aromatic nitrogens is 1. The fraction of sp³-hybridized carbons (Fsp3) is 0.400. The summed E-state index contributed by atoms with van der Waals surface area (Å²) in [7, 11) is -4.39. The fourth-order valence-electron chi connectivity index (χ4n) is 1.95. The van der Waals surface area contributed by atoms with Crippen molar-refractivity contribution in [2.45, 2.75) is 23.6 Å². The number of pyridine rings is 1. The minimum Gasteiger partial charge on any atom is -0.480 e. The van der Waals surface area contributed by atoms with Gasteiger partial charge in [0.1, 0.15) is 6.04 Å². The molecule has 7 nitrogen and oxygen atoms in total. The van der Waals surface area contributed by atoms with Crippen LogP contribution in [0.2, 0.25) is 0 Å². The van der Waals surface area contributed by atoms with E-state index in [-0.39, 0.29) is 6.42 Å². The molecule has 0 amide bonds. The molecule has 0 aliphatic carbocycles. The first kappa shape index (κ1) is 13.8. The van der Waals surface area contributed by atoms with E-state index in [0.29, 0.717) is 4.31 Å². The van der Waals surface area contributed by atoms with Gasteiger partial charge in [-0.1, -0.05) is 0 Å². The van der Waals surface area contributed by atoms with Gasteiger partial charge >= 0.3 is 5.97 Å². The molecular weight excluding hydrogens is 279 g/mol. The maximum Gasteiger partial charge on any atom is 0.322 e. The Kier molecular flexibility index (Phi) is 3.52. The van der Waals surface area contributed by atoms with E-state index in [9.17, 15) is 22.7 Å². The Labute approximate surface area is 108 Å². The number of sulfonamides is 1. The van der Waals surface area contributed by atoms with E-state index in [2.05, 4.69) is 4.98 Å². The summed E-state index contributed by atoms with van der Waals surface area (Å²) in [6.07, 6.45) is -0.232. The number of aliphatic hydroxyl groups is 1. The molecule has 2 atom stereocenters. The Morgan fingerprint density at radius 1 is 1.53 bits per heavy atom. The number of hydrogen-bond acceptors (Lipinski definition) is 5. The van der Waals surface area contributed by atoms with Crippen LogP contribution in [0.3, 0.4) is 0 Å². The Morgan fingerprint density at radius 3 is 2.79 bits per heavy atom. The van der Waals surface area contributed by atoms with Crippen molar-refractivity contribution < 1.29 is 27.8 Å². The topological polar surface area (TPSA) is 108 Å². The smallest absolute Gasteiger partial charge is 0.322 e. The number of aliphatic hydroxyl groups excluding tert-OH is 1. The number of halogens is 1. The van der Waals surface area contributed by atoms with Crippen molar-refractivity contribution in [3.8, 4) is 0 Å². The van der Waals surface area contributed by atoms with Crippen LogP contribution in [-0.4, -0.2) is 52.6 Å². The predicted molar refractivity (Wildman–Crippen MR) is 60.1 cm³/mol. The van der Waals surface area contributed by atoms with E-state index < -0.39 is 45.5 Å². The predicted octanol–water partition coefficient (Wildman–Crippen LogP) is -0.571. The van der Waals surface area contributed by atoms with E-state index in [4.69, 9.17) is 5.11 Å². The lowest BCUT2D eigenvalue weighted by Gasteiger charge is -2.20. The number of nitrogens with zero attached hydrogens (tertiary/aromatic N) is 2. The largest absolute Gasteiger partial charge is 0.480 e. The quantitative estimate of drug-likeness (QED) is 0.772. The van der Waals surface area contributed by atoms with Crippen molar-refractivity contribution in [1.82, 2.24) is 9.29 Å². The van der Waals surface area contributed by atoms with Gasteiger partial charge in [-0.2, -0.15) is 4.31 Å². The lowest BCUT2D eigenvalue weighted by molar-refractivity contribution is -0.140. The number of aliphatic carboxylic acids is 1. The summed E-state index contributed by atoms with van der Waals surface area (Å²) >= 11 is 0. The van der Waals surface area contributed by atoms with Crippen LogP contribution in [0.5, 0.6) is 0 Å². The van der Waals surface area contributed by atoms with Gasteiger partial charge in [0.15, 0.2) is 5.82 Å². The molecule has 0 bridgehead atoms. The van der Waals surface area contributed by atoms with Crippen molar-refractivity contribution >= 4 is 16.0 Å². The van der Waals surface area contributed by atoms with E-state index in [1.54, 1.807) is 0 Å². The maximum atomic E-state index is 13.5. The van der Waals surface area contributed by atoms with Gasteiger partial charge < -0.3 is 10.2 Å². The van der Waals surface area contributed by atoms with E-state index in [1.807, 2.05) is 0 Å². The minimum absolute atomic E-state index is 0.233. The molecule has 2 N–H and O–H groups in total. The van der Waals surface area contributed by atoms with E-state index in [0.717, 1.165) is 12.3 Å². The zero-order valence-corrected chi connectivity index (χ0v) is 10.4. The molecule has 2 heterocycles. The zero-order valence-electron chi connectivity index (χ0n) is 9.60. The van der Waals surface area contributed by atoms with Crippen molar-refractivity contribution in [1.29, 1.82) is 0 Å². The number of β-amino-alcohol motifs (C(OH)–C–C–N with tert-alkyl or cyclic N) is 1. The van der Waals surface area contributed by atoms with Gasteiger partial charge in [0.2, 0.25) is 5.03 Å². The molecule has 1 aliphatic rings. The van der Waals surface area contributed by atoms with Crippen LogP contribution in [-0.2, 0) is 14.8 Å². The SMILES string of the molecule is O=C(O)[C@@H]1CC(O)CN1S(=O)(=O)c1ncccc1F. The van der Waals surface area contributed by atoms with Crippen LogP contribution in [0.15, 0.2) is 23.4 Å². The van der Waals surface area contributed by atoms with Crippen LogP contribution >= 0.6 is 0 Å². The molecule has 9 heteroatoms. The average molecular weight is 290 g/mol. The first-order valence-electron chi connectivity index (χ1n) is 5.37. The highest BCUT2D eigenvalue weighted by Gasteiger charge is 2.44. The van der Waals surface area contributed by atoms with Crippen LogP contribution in [0.25, 0.3) is 0 Å². The third-order valence-corrected chi connectivity index (χ3v) is 4.61. The summed E-state index contributed by atoms with van der Waals surface area (Å²) < 4.78 is 38.4. The fourth-order valence-corrected chi connectivity index (χ4v) is 3.56. The average Bonchev–Trinajstić information content (AvgIpc) is 2.72. The second kappa shape index (κ2) is 4.83. The van der Waals surface area contributed by atoms with Crippen molar-refractivity contribution in [2.75, 3.05) is 6.54 Å². The zero-order chi connectivity index (χ0) is 14.2. The molecule has 1 aromatic rings. The molecule has 1 fully saturated rings. The first-order valence-corrected chi connectivity index (χ1v) is 6.81. The number of hydrogen-bond donors (Lipinski definition) is 2. The van der Waals surface area contributed by atoms with E-state index in [1.165, 1.54) is 6.07 Å². The molecule has 0 aromatic carbocycles. The van der Waals surface area contributed by atoms with Gasteiger partial charge in [0, 0.05) is 19.2 Å². The standard InChI is InChI=1S/C10H11FN2O5S/c11-7-2-1-3-12-9(7)19(17,18)13-5-6(14)4-8(13)10(15)16/h1-3,6,8,14H,4-5H2,(H,15,16)/t6?,8-/m0/s1. The number of carboxylic acids is 1. The minimum atomic E-state index is -4.39. The summed E-state index contributed by atoms with van der Waals surface area (Å²) in [5.41, 5.74) is 0. The summed E-state index contributed by atoms with van der Waals surface area (Å²) in [6.45, 7) is -0.394. The van der Waals surface area contributed by atoms with Crippen LogP contribution in [0.1, 0.15) is 6.42 Å². The molecule has 1 aromatic heterocycles. The van der Waals surface area contributed by atoms with Gasteiger partial charge in [-0.25, -0.2) is 17.8 Å². The van der Waals surface area contributed by atoms with Gasteiger partial charge in [-0.3, -0.25) is 4.79 Å². The maximum absolute atomic E-state index is 13.5. The lowest BCUT2D eigenvalue weighted by Crippen LogP contribution is -2.41. The van der Waals surface area contributed by atoms with Crippen molar-refractivity contribution in [2.24, 2.45) is 0 Å². The molecule has 0 saturated carbocycles. The van der Waals surface area contributed by atoms with Crippen LogP contribution < -0.4 is 0 Å². The van der Waals surface area contributed by atoms with E-state index >= 15 is 0 Å². The van der Waals surface area contributed by atoms with Crippen molar-refractivity contribution in [3.05, 3.63) is 24.1 Å². The van der Waals surface area contributed by atoms with Crippen LogP contribution in [0.4, 0.5) is 4.39 Å². The molecule has 1 saturated heterocycles. The summed E-state index contributed by atoms with van der Waals surface area (Å²) in [6, 6.07) is 0.728. The highest BCUT2D eigenvalue weighted by atomic mass is 32.2. The normalized spacial score (nSPS) is 24.5. The second-order valence-corrected chi connectivity index (χ2v) is 5.91. The summed E-state index contributed by atoms with van der Waals surface area (Å²) in [5.74, 6) is -2.45. The highest BCUT2D eigenvalue weighted by molar-refractivity contribution is 7.89. The van der Waals surface area contributed by atoms with Gasteiger partial charge in [0.05, 0.1) is 6.10 Å². The number of rotatable bonds is 3. The second-order valence-electron chi connectivity index (χ2n) is 4.11. The van der Waals surface area contributed by atoms with Gasteiger partial charge in [0.25, 0.3) is 10.0 Å².